The zero-order valence-electron chi connectivity index (χ0n) is 16.4. The smallest absolute Gasteiger partial charge is 0.295 e. The van der Waals surface area contributed by atoms with Crippen molar-refractivity contribution in [1.29, 1.82) is 0 Å². The van der Waals surface area contributed by atoms with E-state index in [9.17, 15) is 19.2 Å². The van der Waals surface area contributed by atoms with Gasteiger partial charge in [0.2, 0.25) is 18.1 Å². The Balaban J connectivity index is 2.88. The standard InChI is InChI=1S/C16H29N5O8/c1-10(24)19-13-11(7-27-8-22)14(26-2)16(28-9-23)29-15(13)21-20-12(25)5-3-4-6-18-17/h8-9,11,13-16,18,21H,3-7,17H2,1-2H3,(H,19,24)(H,20,25)/t11?,13-,14-,15?,16?/m0/s1. The van der Waals surface area contributed by atoms with Crippen molar-refractivity contribution in [3.63, 3.8) is 0 Å². The average Bonchev–Trinajstić information content (AvgIpc) is 2.69. The lowest BCUT2D eigenvalue weighted by atomic mass is 9.89. The minimum atomic E-state index is -1.16. The van der Waals surface area contributed by atoms with Gasteiger partial charge in [-0.2, -0.15) is 0 Å². The third-order valence-electron chi connectivity index (χ3n) is 4.28. The van der Waals surface area contributed by atoms with Crippen molar-refractivity contribution in [2.45, 2.75) is 50.8 Å². The van der Waals surface area contributed by atoms with Gasteiger partial charge in [-0.1, -0.05) is 0 Å². The molecule has 0 radical (unpaired) electrons. The van der Waals surface area contributed by atoms with Crippen LogP contribution < -0.4 is 27.4 Å². The van der Waals surface area contributed by atoms with E-state index in [4.69, 9.17) is 24.8 Å². The molecule has 0 bridgehead atoms. The molecule has 166 valence electrons. The second-order valence-electron chi connectivity index (χ2n) is 6.28. The quantitative estimate of drug-likeness (QED) is 0.0862. The van der Waals surface area contributed by atoms with Crippen LogP contribution in [0.15, 0.2) is 0 Å². The van der Waals surface area contributed by atoms with E-state index in [0.29, 0.717) is 19.4 Å². The maximum atomic E-state index is 12.0. The van der Waals surface area contributed by atoms with Gasteiger partial charge in [0, 0.05) is 32.9 Å². The summed E-state index contributed by atoms with van der Waals surface area (Å²) in [5.41, 5.74) is 7.68. The van der Waals surface area contributed by atoms with Crippen LogP contribution in [-0.4, -0.2) is 69.7 Å². The van der Waals surface area contributed by atoms with E-state index in [2.05, 4.69) is 21.6 Å². The first-order valence-corrected chi connectivity index (χ1v) is 9.06. The molecule has 1 aliphatic rings. The lowest BCUT2D eigenvalue weighted by molar-refractivity contribution is -0.267. The fraction of sp³-hybridized carbons (Fsp3) is 0.750. The molecule has 0 saturated carbocycles. The molecule has 0 aromatic rings. The van der Waals surface area contributed by atoms with Gasteiger partial charge in [-0.15, -0.1) is 0 Å². The summed E-state index contributed by atoms with van der Waals surface area (Å²) in [6.07, 6.45) is -1.43. The predicted octanol–water partition coefficient (Wildman–Crippen LogP) is -2.59. The van der Waals surface area contributed by atoms with Crippen LogP contribution in [-0.2, 0) is 38.1 Å². The second kappa shape index (κ2) is 13.8. The van der Waals surface area contributed by atoms with Gasteiger partial charge in [-0.3, -0.25) is 35.9 Å². The highest BCUT2D eigenvalue weighted by Crippen LogP contribution is 2.28. The van der Waals surface area contributed by atoms with E-state index >= 15 is 0 Å². The number of hydrazine groups is 2. The van der Waals surface area contributed by atoms with Gasteiger partial charge in [-0.05, 0) is 12.8 Å². The fourth-order valence-electron chi connectivity index (χ4n) is 3.00. The SMILES string of the molecule is CO[C@@H]1C(OC=O)OC(NNC(=O)CCCCNN)[C@@H](NC(C)=O)C1COC=O. The third-order valence-corrected chi connectivity index (χ3v) is 4.28. The molecular formula is C16H29N5O8. The molecule has 0 aromatic carbocycles. The number of hydrogen-bond acceptors (Lipinski definition) is 11. The van der Waals surface area contributed by atoms with Crippen LogP contribution in [0.2, 0.25) is 0 Å². The Morgan fingerprint density at radius 2 is 1.97 bits per heavy atom. The number of amides is 2. The van der Waals surface area contributed by atoms with E-state index in [1.54, 1.807) is 0 Å². The Hall–Kier alpha value is -2.32. The van der Waals surface area contributed by atoms with Gasteiger partial charge in [0.05, 0.1) is 12.6 Å². The molecule has 6 N–H and O–H groups in total. The van der Waals surface area contributed by atoms with Crippen LogP contribution in [0, 0.1) is 5.92 Å². The highest BCUT2D eigenvalue weighted by Gasteiger charge is 2.48. The van der Waals surface area contributed by atoms with Gasteiger partial charge in [-0.25, -0.2) is 5.43 Å². The molecule has 1 heterocycles. The normalized spacial score (nSPS) is 26.2. The molecule has 13 nitrogen and oxygen atoms in total. The Kier molecular flexibility index (Phi) is 11.8. The van der Waals surface area contributed by atoms with Crippen LogP contribution in [0.1, 0.15) is 26.2 Å². The molecule has 0 spiro atoms. The van der Waals surface area contributed by atoms with Crippen molar-refractivity contribution in [2.75, 3.05) is 20.3 Å². The largest absolute Gasteiger partial charge is 0.467 e. The molecule has 29 heavy (non-hydrogen) atoms. The summed E-state index contributed by atoms with van der Waals surface area (Å²) in [7, 11) is 1.36. The van der Waals surface area contributed by atoms with Gasteiger partial charge in [0.1, 0.15) is 12.3 Å². The van der Waals surface area contributed by atoms with Crippen LogP contribution in [0.25, 0.3) is 0 Å². The van der Waals surface area contributed by atoms with Gasteiger partial charge in [0.15, 0.2) is 0 Å². The van der Waals surface area contributed by atoms with Gasteiger partial charge < -0.3 is 24.3 Å². The Labute approximate surface area is 168 Å². The van der Waals surface area contributed by atoms with Crippen molar-refractivity contribution in [3.8, 4) is 0 Å². The number of nitrogens with two attached hydrogens (primary N) is 1. The fourth-order valence-corrected chi connectivity index (χ4v) is 3.00. The minimum absolute atomic E-state index is 0.146. The average molecular weight is 419 g/mol. The summed E-state index contributed by atoms with van der Waals surface area (Å²) in [6, 6.07) is -0.773. The molecule has 13 heteroatoms. The number of rotatable bonds is 14. The van der Waals surface area contributed by atoms with Crippen molar-refractivity contribution >= 4 is 24.8 Å². The number of hydrogen-bond donors (Lipinski definition) is 5. The first-order chi connectivity index (χ1) is 14.0. The Morgan fingerprint density at radius 3 is 2.55 bits per heavy atom. The van der Waals surface area contributed by atoms with Crippen LogP contribution in [0.5, 0.6) is 0 Å². The molecule has 1 fully saturated rings. The number of ether oxygens (including phenoxy) is 4. The van der Waals surface area contributed by atoms with Crippen molar-refractivity contribution in [3.05, 3.63) is 0 Å². The van der Waals surface area contributed by atoms with E-state index < -0.39 is 30.6 Å². The third kappa shape index (κ3) is 8.29. The molecule has 3 unspecified atom stereocenters. The molecule has 0 aliphatic carbocycles. The number of nitrogens with one attached hydrogen (secondary N) is 4. The van der Waals surface area contributed by atoms with Crippen molar-refractivity contribution < 1.29 is 38.1 Å². The van der Waals surface area contributed by atoms with E-state index in [-0.39, 0.29) is 37.8 Å². The molecule has 1 rings (SSSR count). The number of carbonyl (C=O) groups is 4. The monoisotopic (exact) mass is 419 g/mol. The predicted molar refractivity (Wildman–Crippen MR) is 97.0 cm³/mol. The summed E-state index contributed by atoms with van der Waals surface area (Å²) >= 11 is 0. The lowest BCUT2D eigenvalue weighted by Crippen LogP contribution is -2.68. The van der Waals surface area contributed by atoms with Gasteiger partial charge in [0.25, 0.3) is 12.9 Å². The van der Waals surface area contributed by atoms with Crippen LogP contribution in [0.4, 0.5) is 0 Å². The van der Waals surface area contributed by atoms with Crippen molar-refractivity contribution in [2.24, 2.45) is 11.8 Å². The molecule has 0 aromatic heterocycles. The molecule has 1 aliphatic heterocycles. The Bertz CT molecular complexity index is 537. The molecule has 5 atom stereocenters. The number of unbranched alkanes of at least 4 members (excludes halogenated alkanes) is 1. The summed E-state index contributed by atoms with van der Waals surface area (Å²) in [6.45, 7) is 2.18. The summed E-state index contributed by atoms with van der Waals surface area (Å²) < 4.78 is 20.8. The highest BCUT2D eigenvalue weighted by molar-refractivity contribution is 5.75. The number of methoxy groups -OCH3 is 1. The zero-order chi connectivity index (χ0) is 21.6. The summed E-state index contributed by atoms with van der Waals surface area (Å²) in [4.78, 5) is 45.2. The minimum Gasteiger partial charge on any atom is -0.467 e. The van der Waals surface area contributed by atoms with E-state index in [0.717, 1.165) is 0 Å². The maximum Gasteiger partial charge on any atom is 0.295 e. The van der Waals surface area contributed by atoms with Crippen LogP contribution >= 0.6 is 0 Å². The summed E-state index contributed by atoms with van der Waals surface area (Å²) in [5.74, 6) is 3.84. The van der Waals surface area contributed by atoms with Crippen LogP contribution in [0.3, 0.4) is 0 Å². The maximum absolute atomic E-state index is 12.0. The molecule has 2 amide bonds. The first kappa shape index (κ1) is 24.7. The summed E-state index contributed by atoms with van der Waals surface area (Å²) in [5, 5.41) is 2.68. The van der Waals surface area contributed by atoms with Gasteiger partial charge >= 0.3 is 0 Å². The van der Waals surface area contributed by atoms with E-state index in [1.807, 2.05) is 0 Å². The zero-order valence-corrected chi connectivity index (χ0v) is 16.4. The lowest BCUT2D eigenvalue weighted by Gasteiger charge is -2.45. The molecule has 1 saturated heterocycles. The topological polar surface area (TPSA) is 179 Å². The van der Waals surface area contributed by atoms with Crippen molar-refractivity contribution in [1.82, 2.24) is 21.6 Å². The number of carbonyl (C=O) groups excluding carboxylic acids is 4. The highest BCUT2D eigenvalue weighted by atomic mass is 16.7. The molecular weight excluding hydrogens is 390 g/mol. The van der Waals surface area contributed by atoms with E-state index in [1.165, 1.54) is 14.0 Å². The first-order valence-electron chi connectivity index (χ1n) is 9.06. The Morgan fingerprint density at radius 1 is 1.21 bits per heavy atom. The second-order valence-corrected chi connectivity index (χ2v) is 6.28.